The second-order valence-corrected chi connectivity index (χ2v) is 6.50. The summed E-state index contributed by atoms with van der Waals surface area (Å²) in [5.74, 6) is -0.913. The molecule has 2 aliphatic rings. The predicted molar refractivity (Wildman–Crippen MR) is 67.8 cm³/mol. The molecule has 0 bridgehead atoms. The van der Waals surface area contributed by atoms with Crippen molar-refractivity contribution in [3.8, 4) is 0 Å². The fourth-order valence-electron chi connectivity index (χ4n) is 3.26. The van der Waals surface area contributed by atoms with Crippen LogP contribution in [0.2, 0.25) is 0 Å². The largest absolute Gasteiger partial charge is 0.393 e. The summed E-state index contributed by atoms with van der Waals surface area (Å²) < 4.78 is 39.6. The zero-order valence-electron chi connectivity index (χ0n) is 11.7. The Hall–Kier alpha value is -0.290. The average Bonchev–Trinajstić information content (AvgIpc) is 3.07. The van der Waals surface area contributed by atoms with Crippen LogP contribution in [-0.4, -0.2) is 40.9 Å². The Morgan fingerprint density at radius 2 is 1.79 bits per heavy atom. The maximum absolute atomic E-state index is 13.2. The lowest BCUT2D eigenvalue weighted by Crippen LogP contribution is -2.52. The number of nitrogens with zero attached hydrogens (tertiary/aromatic N) is 1. The van der Waals surface area contributed by atoms with Gasteiger partial charge in [-0.3, -0.25) is 4.90 Å². The van der Waals surface area contributed by atoms with E-state index in [1.807, 2.05) is 18.7 Å². The second-order valence-electron chi connectivity index (χ2n) is 6.50. The summed E-state index contributed by atoms with van der Waals surface area (Å²) in [5, 5.41) is 9.75. The summed E-state index contributed by atoms with van der Waals surface area (Å²) in [7, 11) is 0. The van der Waals surface area contributed by atoms with E-state index in [1.165, 1.54) is 0 Å². The molecular formula is C14H24F3NO. The summed E-state index contributed by atoms with van der Waals surface area (Å²) in [5.41, 5.74) is 0. The molecule has 2 saturated carbocycles. The number of aliphatic hydroxyl groups is 1. The van der Waals surface area contributed by atoms with E-state index in [-0.39, 0.29) is 19.3 Å². The van der Waals surface area contributed by atoms with Crippen LogP contribution in [0, 0.1) is 11.8 Å². The zero-order chi connectivity index (χ0) is 14.2. The molecule has 2 fully saturated rings. The average molecular weight is 279 g/mol. The fraction of sp³-hybridized carbons (Fsp3) is 1.00. The van der Waals surface area contributed by atoms with Crippen molar-refractivity contribution in [3.05, 3.63) is 0 Å². The van der Waals surface area contributed by atoms with Crippen LogP contribution in [0.3, 0.4) is 0 Å². The topological polar surface area (TPSA) is 23.5 Å². The lowest BCUT2D eigenvalue weighted by molar-refractivity contribution is -0.206. The molecule has 0 aromatic carbocycles. The van der Waals surface area contributed by atoms with Crippen LogP contribution >= 0.6 is 0 Å². The lowest BCUT2D eigenvalue weighted by atomic mass is 9.81. The van der Waals surface area contributed by atoms with Crippen molar-refractivity contribution >= 4 is 0 Å². The number of alkyl halides is 3. The van der Waals surface area contributed by atoms with Gasteiger partial charge >= 0.3 is 6.18 Å². The third kappa shape index (κ3) is 3.85. The highest BCUT2D eigenvalue weighted by Crippen LogP contribution is 2.43. The van der Waals surface area contributed by atoms with E-state index in [1.54, 1.807) is 0 Å². The molecule has 0 amide bonds. The molecule has 2 nitrogen and oxygen atoms in total. The van der Waals surface area contributed by atoms with Crippen molar-refractivity contribution < 1.29 is 18.3 Å². The van der Waals surface area contributed by atoms with Gasteiger partial charge in [-0.1, -0.05) is 13.8 Å². The molecule has 0 aromatic heterocycles. The number of aliphatic hydroxyl groups excluding tert-OH is 1. The molecule has 3 atom stereocenters. The lowest BCUT2D eigenvalue weighted by Gasteiger charge is -2.43. The Balaban J connectivity index is 2.14. The Morgan fingerprint density at radius 1 is 1.16 bits per heavy atom. The first kappa shape index (κ1) is 15.1. The van der Waals surface area contributed by atoms with Crippen molar-refractivity contribution in [2.24, 2.45) is 11.8 Å². The van der Waals surface area contributed by atoms with Crippen LogP contribution < -0.4 is 0 Å². The molecule has 0 radical (unpaired) electrons. The van der Waals surface area contributed by atoms with Gasteiger partial charge in [0.05, 0.1) is 12.0 Å². The first-order chi connectivity index (χ1) is 8.79. The normalized spacial score (nSPS) is 33.2. The molecule has 2 aliphatic carbocycles. The smallest absolute Gasteiger partial charge is 0.393 e. The summed E-state index contributed by atoms with van der Waals surface area (Å²) >= 11 is 0. The SMILES string of the molecule is CC(C)CN(C1CC1)C1CC(O)CCC1C(F)(F)F. The number of halogens is 3. The Labute approximate surface area is 113 Å². The maximum Gasteiger partial charge on any atom is 0.393 e. The maximum atomic E-state index is 13.2. The van der Waals surface area contributed by atoms with E-state index in [0.29, 0.717) is 18.5 Å². The number of hydrogen-bond donors (Lipinski definition) is 1. The van der Waals surface area contributed by atoms with Gasteiger partial charge in [0.2, 0.25) is 0 Å². The molecule has 0 spiro atoms. The van der Waals surface area contributed by atoms with Crippen molar-refractivity contribution in [3.63, 3.8) is 0 Å². The minimum absolute atomic E-state index is 0.0661. The van der Waals surface area contributed by atoms with Gasteiger partial charge in [-0.05, 0) is 38.0 Å². The molecule has 112 valence electrons. The quantitative estimate of drug-likeness (QED) is 0.854. The van der Waals surface area contributed by atoms with Crippen molar-refractivity contribution in [1.29, 1.82) is 0 Å². The third-order valence-corrected chi connectivity index (χ3v) is 4.23. The van der Waals surface area contributed by atoms with Crippen LogP contribution in [0.25, 0.3) is 0 Å². The number of rotatable bonds is 4. The summed E-state index contributed by atoms with van der Waals surface area (Å²) in [6.45, 7) is 4.78. The van der Waals surface area contributed by atoms with Crippen LogP contribution in [0.1, 0.15) is 46.0 Å². The first-order valence-electron chi connectivity index (χ1n) is 7.29. The Kier molecular flexibility index (Phi) is 4.45. The van der Waals surface area contributed by atoms with Crippen LogP contribution in [0.4, 0.5) is 13.2 Å². The molecule has 3 unspecified atom stereocenters. The van der Waals surface area contributed by atoms with E-state index in [2.05, 4.69) is 0 Å². The Bertz CT molecular complexity index is 302. The first-order valence-corrected chi connectivity index (χ1v) is 7.29. The minimum atomic E-state index is -4.14. The summed E-state index contributed by atoms with van der Waals surface area (Å²) in [6.07, 6.45) is -2.09. The summed E-state index contributed by atoms with van der Waals surface area (Å²) in [6, 6.07) is -0.221. The second kappa shape index (κ2) is 5.60. The minimum Gasteiger partial charge on any atom is -0.393 e. The predicted octanol–water partition coefficient (Wildman–Crippen LogP) is 3.20. The molecule has 1 N–H and O–H groups in total. The molecule has 0 saturated heterocycles. The Morgan fingerprint density at radius 3 is 2.26 bits per heavy atom. The molecule has 0 aromatic rings. The molecule has 19 heavy (non-hydrogen) atoms. The van der Waals surface area contributed by atoms with Gasteiger partial charge in [-0.25, -0.2) is 0 Å². The van der Waals surface area contributed by atoms with Gasteiger partial charge in [0.1, 0.15) is 0 Å². The monoisotopic (exact) mass is 279 g/mol. The summed E-state index contributed by atoms with van der Waals surface area (Å²) in [4.78, 5) is 2.03. The third-order valence-electron chi connectivity index (χ3n) is 4.23. The van der Waals surface area contributed by atoms with Gasteiger partial charge in [-0.2, -0.15) is 13.2 Å². The van der Waals surface area contributed by atoms with Gasteiger partial charge in [0.25, 0.3) is 0 Å². The number of hydrogen-bond acceptors (Lipinski definition) is 2. The molecule has 2 rings (SSSR count). The van der Waals surface area contributed by atoms with Gasteiger partial charge in [-0.15, -0.1) is 0 Å². The van der Waals surface area contributed by atoms with E-state index in [9.17, 15) is 18.3 Å². The van der Waals surface area contributed by atoms with Crippen LogP contribution in [0.15, 0.2) is 0 Å². The van der Waals surface area contributed by atoms with Crippen LogP contribution in [0.5, 0.6) is 0 Å². The van der Waals surface area contributed by atoms with Crippen molar-refractivity contribution in [2.75, 3.05) is 6.54 Å². The van der Waals surface area contributed by atoms with Gasteiger partial charge in [0, 0.05) is 18.6 Å². The van der Waals surface area contributed by atoms with Gasteiger partial charge < -0.3 is 5.11 Å². The van der Waals surface area contributed by atoms with Gasteiger partial charge in [0.15, 0.2) is 0 Å². The molecule has 0 aliphatic heterocycles. The van der Waals surface area contributed by atoms with Crippen LogP contribution in [-0.2, 0) is 0 Å². The van der Waals surface area contributed by atoms with E-state index in [0.717, 1.165) is 12.8 Å². The fourth-order valence-corrected chi connectivity index (χ4v) is 3.26. The highest BCUT2D eigenvalue weighted by atomic mass is 19.4. The van der Waals surface area contributed by atoms with E-state index < -0.39 is 24.2 Å². The highest BCUT2D eigenvalue weighted by Gasteiger charge is 2.51. The molecule has 0 heterocycles. The van der Waals surface area contributed by atoms with E-state index >= 15 is 0 Å². The molecule has 5 heteroatoms. The highest BCUT2D eigenvalue weighted by molar-refractivity contribution is 4.96. The zero-order valence-corrected chi connectivity index (χ0v) is 11.7. The van der Waals surface area contributed by atoms with Crippen molar-refractivity contribution in [1.82, 2.24) is 4.90 Å². The standard InChI is InChI=1S/C14H24F3NO/c1-9(2)8-18(10-3-4-10)13-7-11(19)5-6-12(13)14(15,16)17/h9-13,19H,3-8H2,1-2H3. The molecular weight excluding hydrogens is 255 g/mol. The van der Waals surface area contributed by atoms with Crippen molar-refractivity contribution in [2.45, 2.75) is 70.3 Å². The van der Waals surface area contributed by atoms with E-state index in [4.69, 9.17) is 0 Å².